The zero-order chi connectivity index (χ0) is 9.14. The molecular weight excluding hydrogens is 146 g/mol. The average molecular weight is 167 g/mol. The Bertz CT molecular complexity index is 154. The highest BCUT2D eigenvalue weighted by Gasteiger charge is 2.23. The monoisotopic (exact) mass is 167 g/mol. The van der Waals surface area contributed by atoms with Gasteiger partial charge in [-0.2, -0.15) is 0 Å². The van der Waals surface area contributed by atoms with Crippen LogP contribution < -0.4 is 5.73 Å². The standard InChI is InChI=1S/C11H21N/c1-8(2)11(12)10-6-4-9(3)5-7-10/h9-11H,1,4-7,12H2,2-3H3. The predicted octanol–water partition coefficient (Wildman–Crippen LogP) is 2.72. The molecule has 1 aliphatic rings. The Labute approximate surface area is 76.0 Å². The summed E-state index contributed by atoms with van der Waals surface area (Å²) in [5.74, 6) is 1.62. The van der Waals surface area contributed by atoms with Crippen molar-refractivity contribution in [3.05, 3.63) is 12.2 Å². The lowest BCUT2D eigenvalue weighted by atomic mass is 9.78. The normalized spacial score (nSPS) is 32.9. The van der Waals surface area contributed by atoms with Gasteiger partial charge in [-0.05, 0) is 31.6 Å². The Balaban J connectivity index is 2.39. The summed E-state index contributed by atoms with van der Waals surface area (Å²) in [7, 11) is 0. The van der Waals surface area contributed by atoms with E-state index in [-0.39, 0.29) is 6.04 Å². The maximum absolute atomic E-state index is 6.04. The van der Waals surface area contributed by atoms with Gasteiger partial charge in [0.05, 0.1) is 0 Å². The molecule has 1 rings (SSSR count). The van der Waals surface area contributed by atoms with Gasteiger partial charge in [-0.15, -0.1) is 0 Å². The van der Waals surface area contributed by atoms with Crippen LogP contribution in [0.15, 0.2) is 12.2 Å². The molecule has 0 bridgehead atoms. The lowest BCUT2D eigenvalue weighted by Gasteiger charge is -2.30. The van der Waals surface area contributed by atoms with Crippen LogP contribution in [0, 0.1) is 11.8 Å². The van der Waals surface area contributed by atoms with Crippen molar-refractivity contribution in [1.82, 2.24) is 0 Å². The van der Waals surface area contributed by atoms with Crippen LogP contribution in [0.1, 0.15) is 39.5 Å². The van der Waals surface area contributed by atoms with Crippen molar-refractivity contribution in [3.63, 3.8) is 0 Å². The first-order valence-corrected chi connectivity index (χ1v) is 5.02. The molecule has 0 spiro atoms. The summed E-state index contributed by atoms with van der Waals surface area (Å²) < 4.78 is 0. The Hall–Kier alpha value is -0.300. The molecule has 1 fully saturated rings. The van der Waals surface area contributed by atoms with Gasteiger partial charge in [0.15, 0.2) is 0 Å². The van der Waals surface area contributed by atoms with Gasteiger partial charge in [-0.25, -0.2) is 0 Å². The van der Waals surface area contributed by atoms with Crippen molar-refractivity contribution in [1.29, 1.82) is 0 Å². The SMILES string of the molecule is C=C(C)C(N)C1CCC(C)CC1. The molecular formula is C11H21N. The fourth-order valence-electron chi connectivity index (χ4n) is 2.05. The second-order valence-electron chi connectivity index (χ2n) is 4.39. The van der Waals surface area contributed by atoms with E-state index >= 15 is 0 Å². The van der Waals surface area contributed by atoms with Gasteiger partial charge in [0, 0.05) is 6.04 Å². The lowest BCUT2D eigenvalue weighted by Crippen LogP contribution is -2.33. The highest BCUT2D eigenvalue weighted by molar-refractivity contribution is 5.03. The van der Waals surface area contributed by atoms with Crippen molar-refractivity contribution in [2.75, 3.05) is 0 Å². The van der Waals surface area contributed by atoms with Crippen molar-refractivity contribution in [2.45, 2.75) is 45.6 Å². The summed E-state index contributed by atoms with van der Waals surface area (Å²) in [4.78, 5) is 0. The van der Waals surface area contributed by atoms with E-state index in [0.29, 0.717) is 5.92 Å². The Kier molecular flexibility index (Phi) is 3.33. The Morgan fingerprint density at radius 3 is 2.25 bits per heavy atom. The van der Waals surface area contributed by atoms with E-state index in [4.69, 9.17) is 5.73 Å². The number of hydrogen-bond acceptors (Lipinski definition) is 1. The molecule has 0 aromatic carbocycles. The first-order valence-electron chi connectivity index (χ1n) is 5.02. The fraction of sp³-hybridized carbons (Fsp3) is 0.818. The molecule has 1 atom stereocenters. The van der Waals surface area contributed by atoms with Gasteiger partial charge >= 0.3 is 0 Å². The summed E-state index contributed by atoms with van der Waals surface area (Å²) in [6, 6.07) is 0.248. The molecule has 0 aliphatic heterocycles. The van der Waals surface area contributed by atoms with Gasteiger partial charge in [0.25, 0.3) is 0 Å². The molecule has 70 valence electrons. The minimum Gasteiger partial charge on any atom is -0.324 e. The molecule has 0 aromatic rings. The maximum Gasteiger partial charge on any atom is 0.0276 e. The largest absolute Gasteiger partial charge is 0.324 e. The molecule has 2 N–H and O–H groups in total. The van der Waals surface area contributed by atoms with Crippen LogP contribution in [0.2, 0.25) is 0 Å². The van der Waals surface area contributed by atoms with Crippen LogP contribution in [-0.4, -0.2) is 6.04 Å². The third-order valence-corrected chi connectivity index (χ3v) is 3.14. The van der Waals surface area contributed by atoms with E-state index < -0.39 is 0 Å². The minimum atomic E-state index is 0.248. The van der Waals surface area contributed by atoms with E-state index in [2.05, 4.69) is 13.5 Å². The molecule has 12 heavy (non-hydrogen) atoms. The second-order valence-corrected chi connectivity index (χ2v) is 4.39. The number of nitrogens with two attached hydrogens (primary N) is 1. The van der Waals surface area contributed by atoms with E-state index in [1.165, 1.54) is 25.7 Å². The number of rotatable bonds is 2. The fourth-order valence-corrected chi connectivity index (χ4v) is 2.05. The highest BCUT2D eigenvalue weighted by Crippen LogP contribution is 2.31. The molecule has 0 aromatic heterocycles. The zero-order valence-corrected chi connectivity index (χ0v) is 8.34. The van der Waals surface area contributed by atoms with Gasteiger partial charge in [0.1, 0.15) is 0 Å². The quantitative estimate of drug-likeness (QED) is 0.629. The van der Waals surface area contributed by atoms with Crippen LogP contribution >= 0.6 is 0 Å². The van der Waals surface area contributed by atoms with E-state index in [1.807, 2.05) is 6.92 Å². The van der Waals surface area contributed by atoms with Crippen LogP contribution in [0.4, 0.5) is 0 Å². The van der Waals surface area contributed by atoms with Gasteiger partial charge in [-0.3, -0.25) is 0 Å². The summed E-state index contributed by atoms with van der Waals surface area (Å²) in [6.45, 7) is 8.30. The predicted molar refractivity (Wildman–Crippen MR) is 53.9 cm³/mol. The van der Waals surface area contributed by atoms with Gasteiger partial charge in [-0.1, -0.05) is 31.9 Å². The molecule has 0 saturated heterocycles. The van der Waals surface area contributed by atoms with Crippen molar-refractivity contribution in [2.24, 2.45) is 17.6 Å². The first kappa shape index (κ1) is 9.79. The molecule has 0 heterocycles. The van der Waals surface area contributed by atoms with E-state index in [9.17, 15) is 0 Å². The third kappa shape index (κ3) is 2.34. The van der Waals surface area contributed by atoms with E-state index in [1.54, 1.807) is 0 Å². The summed E-state index contributed by atoms with van der Waals surface area (Å²) in [5.41, 5.74) is 7.18. The molecule has 0 amide bonds. The van der Waals surface area contributed by atoms with Crippen LogP contribution in [0.25, 0.3) is 0 Å². The van der Waals surface area contributed by atoms with Crippen LogP contribution in [-0.2, 0) is 0 Å². The minimum absolute atomic E-state index is 0.248. The summed E-state index contributed by atoms with van der Waals surface area (Å²) >= 11 is 0. The molecule has 0 radical (unpaired) electrons. The topological polar surface area (TPSA) is 26.0 Å². The van der Waals surface area contributed by atoms with Gasteiger partial charge < -0.3 is 5.73 Å². The van der Waals surface area contributed by atoms with Crippen molar-refractivity contribution < 1.29 is 0 Å². The Morgan fingerprint density at radius 2 is 1.83 bits per heavy atom. The van der Waals surface area contributed by atoms with Gasteiger partial charge in [0.2, 0.25) is 0 Å². The lowest BCUT2D eigenvalue weighted by molar-refractivity contribution is 0.268. The molecule has 1 aliphatic carbocycles. The average Bonchev–Trinajstić information content (AvgIpc) is 2.04. The van der Waals surface area contributed by atoms with Crippen LogP contribution in [0.3, 0.4) is 0 Å². The smallest absolute Gasteiger partial charge is 0.0276 e. The maximum atomic E-state index is 6.04. The summed E-state index contributed by atoms with van der Waals surface area (Å²) in [6.07, 6.45) is 5.31. The molecule has 1 unspecified atom stereocenters. The third-order valence-electron chi connectivity index (χ3n) is 3.14. The Morgan fingerprint density at radius 1 is 1.33 bits per heavy atom. The highest BCUT2D eigenvalue weighted by atomic mass is 14.7. The zero-order valence-electron chi connectivity index (χ0n) is 8.34. The molecule has 1 saturated carbocycles. The van der Waals surface area contributed by atoms with Crippen LogP contribution in [0.5, 0.6) is 0 Å². The van der Waals surface area contributed by atoms with Crippen molar-refractivity contribution in [3.8, 4) is 0 Å². The summed E-state index contributed by atoms with van der Waals surface area (Å²) in [5, 5.41) is 0. The second kappa shape index (κ2) is 4.08. The van der Waals surface area contributed by atoms with E-state index in [0.717, 1.165) is 11.5 Å². The first-order chi connectivity index (χ1) is 5.61. The molecule has 1 heteroatoms. The molecule has 1 nitrogen and oxygen atoms in total. The van der Waals surface area contributed by atoms with Crippen molar-refractivity contribution >= 4 is 0 Å². The number of hydrogen-bond donors (Lipinski definition) is 1.